The fraction of sp³-hybridized carbons (Fsp3) is 0.273. The van der Waals surface area contributed by atoms with E-state index < -0.39 is 30.2 Å². The molecule has 0 saturated carbocycles. The van der Waals surface area contributed by atoms with Crippen molar-refractivity contribution in [2.45, 2.75) is 19.0 Å². The number of carboxylic acids is 2. The Morgan fingerprint density at radius 1 is 1.26 bits per heavy atom. The van der Waals surface area contributed by atoms with Gasteiger partial charge in [-0.05, 0) is 11.6 Å². The lowest BCUT2D eigenvalue weighted by atomic mass is 10.1. The van der Waals surface area contributed by atoms with Gasteiger partial charge in [0, 0.05) is 6.54 Å². The van der Waals surface area contributed by atoms with Crippen molar-refractivity contribution in [1.29, 1.82) is 0 Å². The molecular weight excluding hydrogens is 300 g/mol. The first-order valence-corrected chi connectivity index (χ1v) is 5.89. The summed E-state index contributed by atoms with van der Waals surface area (Å²) in [6.07, 6.45) is -0.581. The summed E-state index contributed by atoms with van der Waals surface area (Å²) in [6.45, 7) is -0.0386. The molecule has 0 heterocycles. The number of carbonyl (C=O) groups is 2. The molecule has 1 aromatic rings. The third kappa shape index (κ3) is 4.34. The Bertz CT molecular complexity index is 510. The van der Waals surface area contributed by atoms with Crippen molar-refractivity contribution in [2.75, 3.05) is 0 Å². The van der Waals surface area contributed by atoms with E-state index in [1.165, 1.54) is 6.07 Å². The van der Waals surface area contributed by atoms with Gasteiger partial charge in [0.2, 0.25) is 0 Å². The van der Waals surface area contributed by atoms with Crippen LogP contribution in [0, 0.1) is 5.82 Å². The molecule has 0 aliphatic carbocycles. The fourth-order valence-corrected chi connectivity index (χ4v) is 1.76. The van der Waals surface area contributed by atoms with Crippen molar-refractivity contribution in [3.05, 3.63) is 33.6 Å². The minimum atomic E-state index is -1.30. The van der Waals surface area contributed by atoms with Crippen LogP contribution in [0.3, 0.4) is 0 Å². The largest absolute Gasteiger partial charge is 0.481 e. The van der Waals surface area contributed by atoms with E-state index in [0.29, 0.717) is 5.56 Å². The zero-order valence-corrected chi connectivity index (χ0v) is 11.0. The van der Waals surface area contributed by atoms with E-state index in [9.17, 15) is 14.0 Å². The lowest BCUT2D eigenvalue weighted by molar-refractivity contribution is -0.146. The van der Waals surface area contributed by atoms with Crippen LogP contribution >= 0.6 is 23.2 Å². The normalized spacial score (nSPS) is 12.2. The molecule has 19 heavy (non-hydrogen) atoms. The summed E-state index contributed by atoms with van der Waals surface area (Å²) in [4.78, 5) is 21.3. The molecule has 0 radical (unpaired) electrons. The fourth-order valence-electron chi connectivity index (χ4n) is 1.36. The van der Waals surface area contributed by atoms with Crippen LogP contribution in [0.15, 0.2) is 12.1 Å². The average Bonchev–Trinajstić information content (AvgIpc) is 2.33. The first-order valence-electron chi connectivity index (χ1n) is 5.13. The van der Waals surface area contributed by atoms with Gasteiger partial charge in [-0.3, -0.25) is 14.9 Å². The number of benzene rings is 1. The maximum atomic E-state index is 13.1. The second-order valence-corrected chi connectivity index (χ2v) is 4.46. The summed E-state index contributed by atoms with van der Waals surface area (Å²) in [7, 11) is 0. The minimum Gasteiger partial charge on any atom is -0.481 e. The SMILES string of the molecule is O=C(O)C[C@@H](NCc1ccc(F)c(Cl)c1Cl)C(=O)O. The van der Waals surface area contributed by atoms with E-state index in [4.69, 9.17) is 33.4 Å². The number of carboxylic acid groups (broad SMARTS) is 2. The van der Waals surface area contributed by atoms with Crippen LogP contribution in [0.2, 0.25) is 10.0 Å². The first-order chi connectivity index (χ1) is 8.82. The second-order valence-electron chi connectivity index (χ2n) is 3.70. The van der Waals surface area contributed by atoms with Crippen molar-refractivity contribution in [1.82, 2.24) is 5.32 Å². The van der Waals surface area contributed by atoms with E-state index in [-0.39, 0.29) is 16.6 Å². The molecule has 0 spiro atoms. The molecule has 1 rings (SSSR count). The van der Waals surface area contributed by atoms with Gasteiger partial charge in [-0.25, -0.2) is 4.39 Å². The molecule has 0 aliphatic rings. The number of hydrogen-bond donors (Lipinski definition) is 3. The van der Waals surface area contributed by atoms with Crippen LogP contribution in [0.4, 0.5) is 4.39 Å². The number of nitrogens with one attached hydrogen (secondary N) is 1. The standard InChI is InChI=1S/C11H10Cl2FNO4/c12-9-5(1-2-6(14)10(9)13)4-15-7(11(18)19)3-8(16)17/h1-2,7,15H,3-4H2,(H,16,17)(H,18,19)/t7-/m1/s1. The van der Waals surface area contributed by atoms with E-state index in [2.05, 4.69) is 5.32 Å². The molecule has 0 fully saturated rings. The van der Waals surface area contributed by atoms with Crippen molar-refractivity contribution < 1.29 is 24.2 Å². The van der Waals surface area contributed by atoms with Crippen LogP contribution in [0.5, 0.6) is 0 Å². The number of halogens is 3. The molecular formula is C11H10Cl2FNO4. The van der Waals surface area contributed by atoms with Crippen LogP contribution in [-0.2, 0) is 16.1 Å². The van der Waals surface area contributed by atoms with Gasteiger partial charge in [0.15, 0.2) is 0 Å². The van der Waals surface area contributed by atoms with Crippen molar-refractivity contribution in [3.8, 4) is 0 Å². The highest BCUT2D eigenvalue weighted by molar-refractivity contribution is 6.42. The smallest absolute Gasteiger partial charge is 0.321 e. The van der Waals surface area contributed by atoms with Crippen molar-refractivity contribution in [2.24, 2.45) is 0 Å². The molecule has 0 amide bonds. The van der Waals surface area contributed by atoms with Crippen LogP contribution in [0.1, 0.15) is 12.0 Å². The Morgan fingerprint density at radius 2 is 1.89 bits per heavy atom. The summed E-state index contributed by atoms with van der Waals surface area (Å²) >= 11 is 11.4. The molecule has 1 aromatic carbocycles. The monoisotopic (exact) mass is 309 g/mol. The predicted octanol–water partition coefficient (Wildman–Crippen LogP) is 2.15. The Labute approximate surface area is 117 Å². The third-order valence-corrected chi connectivity index (χ3v) is 3.23. The highest BCUT2D eigenvalue weighted by Crippen LogP contribution is 2.28. The molecule has 5 nitrogen and oxygen atoms in total. The zero-order chi connectivity index (χ0) is 14.6. The van der Waals surface area contributed by atoms with Gasteiger partial charge in [0.1, 0.15) is 11.9 Å². The van der Waals surface area contributed by atoms with Gasteiger partial charge in [-0.15, -0.1) is 0 Å². The van der Waals surface area contributed by atoms with Crippen LogP contribution < -0.4 is 5.32 Å². The lowest BCUT2D eigenvalue weighted by Gasteiger charge is -2.13. The Balaban J connectivity index is 2.77. The summed E-state index contributed by atoms with van der Waals surface area (Å²) < 4.78 is 13.1. The molecule has 0 aliphatic heterocycles. The average molecular weight is 310 g/mol. The highest BCUT2D eigenvalue weighted by atomic mass is 35.5. The van der Waals surface area contributed by atoms with Crippen LogP contribution in [-0.4, -0.2) is 28.2 Å². The van der Waals surface area contributed by atoms with E-state index in [0.717, 1.165) is 6.07 Å². The van der Waals surface area contributed by atoms with Crippen molar-refractivity contribution in [3.63, 3.8) is 0 Å². The Hall–Kier alpha value is -1.37. The summed E-state index contributed by atoms with van der Waals surface area (Å²) in [5, 5.41) is 19.6. The summed E-state index contributed by atoms with van der Waals surface area (Å²) in [6, 6.07) is 1.17. The quantitative estimate of drug-likeness (QED) is 0.701. The maximum absolute atomic E-state index is 13.1. The topological polar surface area (TPSA) is 86.6 Å². The Morgan fingerprint density at radius 3 is 2.42 bits per heavy atom. The molecule has 104 valence electrons. The van der Waals surface area contributed by atoms with Gasteiger partial charge in [-0.1, -0.05) is 29.3 Å². The van der Waals surface area contributed by atoms with E-state index in [1.807, 2.05) is 0 Å². The van der Waals surface area contributed by atoms with Gasteiger partial charge in [0.05, 0.1) is 16.5 Å². The molecule has 0 saturated heterocycles. The zero-order valence-electron chi connectivity index (χ0n) is 9.49. The van der Waals surface area contributed by atoms with E-state index >= 15 is 0 Å². The van der Waals surface area contributed by atoms with Crippen LogP contribution in [0.25, 0.3) is 0 Å². The maximum Gasteiger partial charge on any atom is 0.321 e. The molecule has 0 bridgehead atoms. The summed E-state index contributed by atoms with van der Waals surface area (Å²) in [5.41, 5.74) is 0.379. The van der Waals surface area contributed by atoms with Crippen molar-refractivity contribution >= 4 is 35.1 Å². The van der Waals surface area contributed by atoms with Gasteiger partial charge < -0.3 is 10.2 Å². The van der Waals surface area contributed by atoms with Gasteiger partial charge in [-0.2, -0.15) is 0 Å². The Kier molecular flexibility index (Phi) is 5.53. The highest BCUT2D eigenvalue weighted by Gasteiger charge is 2.21. The molecule has 0 aromatic heterocycles. The van der Waals surface area contributed by atoms with Gasteiger partial charge >= 0.3 is 11.9 Å². The summed E-state index contributed by atoms with van der Waals surface area (Å²) in [5.74, 6) is -3.23. The van der Waals surface area contributed by atoms with E-state index in [1.54, 1.807) is 0 Å². The first kappa shape index (κ1) is 15.7. The molecule has 8 heteroatoms. The predicted molar refractivity (Wildman–Crippen MR) is 66.9 cm³/mol. The number of hydrogen-bond acceptors (Lipinski definition) is 3. The molecule has 0 unspecified atom stereocenters. The molecule has 1 atom stereocenters. The lowest BCUT2D eigenvalue weighted by Crippen LogP contribution is -2.38. The minimum absolute atomic E-state index is 0.0337. The second kappa shape index (κ2) is 6.70. The number of aliphatic carboxylic acids is 2. The molecule has 3 N–H and O–H groups in total. The van der Waals surface area contributed by atoms with Gasteiger partial charge in [0.25, 0.3) is 0 Å². The number of rotatable bonds is 6. The third-order valence-electron chi connectivity index (χ3n) is 2.33.